The van der Waals surface area contributed by atoms with Crippen LogP contribution in [0.15, 0.2) is 0 Å². The molecule has 1 amide bonds. The summed E-state index contributed by atoms with van der Waals surface area (Å²) in [5.41, 5.74) is -1.80. The molecule has 0 aromatic carbocycles. The monoisotopic (exact) mass is 203 g/mol. The van der Waals surface area contributed by atoms with Gasteiger partial charge >= 0.3 is 0 Å². The van der Waals surface area contributed by atoms with Gasteiger partial charge in [0.1, 0.15) is 0 Å². The van der Waals surface area contributed by atoms with Gasteiger partial charge in [-0.2, -0.15) is 0 Å². The van der Waals surface area contributed by atoms with Gasteiger partial charge in [-0.3, -0.25) is 4.79 Å². The van der Waals surface area contributed by atoms with Crippen LogP contribution in [0.4, 0.5) is 4.39 Å². The highest BCUT2D eigenvalue weighted by Crippen LogP contribution is 2.17. The summed E-state index contributed by atoms with van der Waals surface area (Å²) in [6.45, 7) is 5.82. The fraction of sp³-hybridized carbons (Fsp3) is 0.900. The highest BCUT2D eigenvalue weighted by atomic mass is 19.1. The molecule has 0 radical (unpaired) electrons. The number of hydrogen-bond acceptors (Lipinski definition) is 2. The van der Waals surface area contributed by atoms with E-state index in [2.05, 4.69) is 5.32 Å². The molecule has 0 aromatic heterocycles. The molecule has 1 saturated heterocycles. The zero-order valence-electron chi connectivity index (χ0n) is 8.97. The Hall–Kier alpha value is -0.640. The summed E-state index contributed by atoms with van der Waals surface area (Å²) in [6.07, 6.45) is 0.939. The third-order valence-corrected chi connectivity index (χ3v) is 2.57. The molecule has 82 valence electrons. The van der Waals surface area contributed by atoms with Crippen LogP contribution >= 0.6 is 0 Å². The molecule has 1 heterocycles. The standard InChI is InChI=1S/C10H18FNO2/c1-7(8-4-5-14-6-8)12-9(13)10(2,3)11/h7-8H,4-6H2,1-3H3,(H,12,13). The molecular weight excluding hydrogens is 185 g/mol. The number of amides is 1. The quantitative estimate of drug-likeness (QED) is 0.750. The minimum Gasteiger partial charge on any atom is -0.381 e. The van der Waals surface area contributed by atoms with E-state index < -0.39 is 11.6 Å². The summed E-state index contributed by atoms with van der Waals surface area (Å²) in [4.78, 5) is 11.3. The minimum atomic E-state index is -1.80. The molecule has 2 unspecified atom stereocenters. The summed E-state index contributed by atoms with van der Waals surface area (Å²) in [6, 6.07) is -0.0139. The molecule has 1 rings (SSSR count). The van der Waals surface area contributed by atoms with Crippen molar-refractivity contribution >= 4 is 5.91 Å². The number of nitrogens with one attached hydrogen (secondary N) is 1. The van der Waals surface area contributed by atoms with Gasteiger partial charge in [0, 0.05) is 18.6 Å². The van der Waals surface area contributed by atoms with Gasteiger partial charge in [-0.05, 0) is 27.2 Å². The largest absolute Gasteiger partial charge is 0.381 e. The second kappa shape index (κ2) is 4.26. The first-order valence-corrected chi connectivity index (χ1v) is 4.99. The molecular formula is C10H18FNO2. The average Bonchev–Trinajstić information content (AvgIpc) is 2.53. The Morgan fingerprint density at radius 2 is 2.29 bits per heavy atom. The van der Waals surface area contributed by atoms with Crippen molar-refractivity contribution in [1.82, 2.24) is 5.32 Å². The van der Waals surface area contributed by atoms with E-state index in [4.69, 9.17) is 4.74 Å². The molecule has 2 atom stereocenters. The summed E-state index contributed by atoms with van der Waals surface area (Å²) in [7, 11) is 0. The number of carbonyl (C=O) groups excluding carboxylic acids is 1. The van der Waals surface area contributed by atoms with Gasteiger partial charge in [-0.15, -0.1) is 0 Å². The Labute approximate surface area is 84.0 Å². The van der Waals surface area contributed by atoms with Gasteiger partial charge in [-0.25, -0.2) is 4.39 Å². The number of ether oxygens (including phenoxy) is 1. The highest BCUT2D eigenvalue weighted by molar-refractivity contribution is 5.84. The predicted molar refractivity (Wildman–Crippen MR) is 51.7 cm³/mol. The summed E-state index contributed by atoms with van der Waals surface area (Å²) in [5.74, 6) is -0.224. The van der Waals surface area contributed by atoms with Gasteiger partial charge in [-0.1, -0.05) is 0 Å². The van der Waals surface area contributed by atoms with Crippen LogP contribution in [0.2, 0.25) is 0 Å². The van der Waals surface area contributed by atoms with Crippen LogP contribution in [0.5, 0.6) is 0 Å². The third-order valence-electron chi connectivity index (χ3n) is 2.57. The zero-order chi connectivity index (χ0) is 10.8. The maximum absolute atomic E-state index is 13.2. The maximum atomic E-state index is 13.2. The Bertz CT molecular complexity index is 207. The van der Waals surface area contributed by atoms with Crippen molar-refractivity contribution in [2.45, 2.75) is 38.9 Å². The SMILES string of the molecule is CC(NC(=O)C(C)(C)F)C1CCOC1. The fourth-order valence-corrected chi connectivity index (χ4v) is 1.44. The van der Waals surface area contributed by atoms with Gasteiger partial charge in [0.2, 0.25) is 0 Å². The van der Waals surface area contributed by atoms with Crippen molar-refractivity contribution in [3.63, 3.8) is 0 Å². The number of hydrogen-bond donors (Lipinski definition) is 1. The number of halogens is 1. The van der Waals surface area contributed by atoms with E-state index in [0.717, 1.165) is 13.0 Å². The van der Waals surface area contributed by atoms with Crippen molar-refractivity contribution in [3.05, 3.63) is 0 Å². The minimum absolute atomic E-state index is 0.0139. The topological polar surface area (TPSA) is 38.3 Å². The average molecular weight is 203 g/mol. The van der Waals surface area contributed by atoms with E-state index in [0.29, 0.717) is 12.5 Å². The van der Waals surface area contributed by atoms with E-state index in [1.165, 1.54) is 13.8 Å². The van der Waals surface area contributed by atoms with Crippen LogP contribution in [0.3, 0.4) is 0 Å². The van der Waals surface area contributed by atoms with E-state index in [1.807, 2.05) is 6.92 Å². The molecule has 1 aliphatic heterocycles. The van der Waals surface area contributed by atoms with Gasteiger partial charge in [0.15, 0.2) is 5.67 Å². The van der Waals surface area contributed by atoms with Crippen LogP contribution in [-0.2, 0) is 9.53 Å². The number of alkyl halides is 1. The first-order chi connectivity index (χ1) is 6.41. The summed E-state index contributed by atoms with van der Waals surface area (Å²) in [5, 5.41) is 2.67. The van der Waals surface area contributed by atoms with E-state index >= 15 is 0 Å². The normalized spacial score (nSPS) is 24.7. The third kappa shape index (κ3) is 2.94. The van der Waals surface area contributed by atoms with E-state index in [1.54, 1.807) is 0 Å². The zero-order valence-corrected chi connectivity index (χ0v) is 8.97. The highest BCUT2D eigenvalue weighted by Gasteiger charge is 2.30. The fourth-order valence-electron chi connectivity index (χ4n) is 1.44. The Kier molecular flexibility index (Phi) is 3.48. The Morgan fingerprint density at radius 1 is 1.64 bits per heavy atom. The van der Waals surface area contributed by atoms with Crippen molar-refractivity contribution in [1.29, 1.82) is 0 Å². The van der Waals surface area contributed by atoms with E-state index in [-0.39, 0.29) is 6.04 Å². The first kappa shape index (κ1) is 11.4. The van der Waals surface area contributed by atoms with E-state index in [9.17, 15) is 9.18 Å². The van der Waals surface area contributed by atoms with Gasteiger partial charge in [0.05, 0.1) is 6.61 Å². The molecule has 0 aromatic rings. The second-order valence-corrected chi connectivity index (χ2v) is 4.36. The molecule has 0 bridgehead atoms. The van der Waals surface area contributed by atoms with Crippen molar-refractivity contribution in [2.75, 3.05) is 13.2 Å². The molecule has 14 heavy (non-hydrogen) atoms. The second-order valence-electron chi connectivity index (χ2n) is 4.36. The van der Waals surface area contributed by atoms with Gasteiger partial charge in [0.25, 0.3) is 5.91 Å². The molecule has 1 N–H and O–H groups in total. The lowest BCUT2D eigenvalue weighted by Gasteiger charge is -2.22. The number of carbonyl (C=O) groups is 1. The lowest BCUT2D eigenvalue weighted by atomic mass is 10.00. The van der Waals surface area contributed by atoms with Crippen LogP contribution in [0, 0.1) is 5.92 Å². The molecule has 0 spiro atoms. The van der Waals surface area contributed by atoms with Crippen LogP contribution < -0.4 is 5.32 Å². The van der Waals surface area contributed by atoms with Gasteiger partial charge < -0.3 is 10.1 Å². The maximum Gasteiger partial charge on any atom is 0.257 e. The lowest BCUT2D eigenvalue weighted by Crippen LogP contribution is -2.46. The molecule has 3 nitrogen and oxygen atoms in total. The molecule has 1 fully saturated rings. The van der Waals surface area contributed by atoms with Crippen LogP contribution in [-0.4, -0.2) is 30.8 Å². The van der Waals surface area contributed by atoms with Crippen molar-refractivity contribution in [2.24, 2.45) is 5.92 Å². The first-order valence-electron chi connectivity index (χ1n) is 4.99. The Balaban J connectivity index is 2.39. The summed E-state index contributed by atoms with van der Waals surface area (Å²) >= 11 is 0. The Morgan fingerprint density at radius 3 is 2.71 bits per heavy atom. The predicted octanol–water partition coefficient (Wildman–Crippen LogP) is 1.28. The summed E-state index contributed by atoms with van der Waals surface area (Å²) < 4.78 is 18.4. The van der Waals surface area contributed by atoms with Crippen LogP contribution in [0.25, 0.3) is 0 Å². The molecule has 0 saturated carbocycles. The number of rotatable bonds is 3. The van der Waals surface area contributed by atoms with Crippen molar-refractivity contribution < 1.29 is 13.9 Å². The molecule has 1 aliphatic rings. The molecule has 4 heteroatoms. The lowest BCUT2D eigenvalue weighted by molar-refractivity contribution is -0.131. The smallest absolute Gasteiger partial charge is 0.257 e. The van der Waals surface area contributed by atoms with Crippen molar-refractivity contribution in [3.8, 4) is 0 Å². The van der Waals surface area contributed by atoms with Crippen LogP contribution in [0.1, 0.15) is 27.2 Å². The molecule has 0 aliphatic carbocycles.